The molecule has 2 amide bonds. The number of unbranched alkanes of at least 4 members (excludes halogenated alkanes) is 1. The minimum Gasteiger partial charge on any atom is -0.343 e. The van der Waals surface area contributed by atoms with Crippen molar-refractivity contribution in [3.8, 4) is 0 Å². The van der Waals surface area contributed by atoms with E-state index in [2.05, 4.69) is 36.1 Å². The molecule has 2 aliphatic heterocycles. The Balaban J connectivity index is 1.40. The SMILES string of the molecule is CCCCC(=O)N1CCC(C(=O)N2CCN(Cc3ccccc3)CC2)CC1. The molecule has 0 bridgehead atoms. The molecule has 2 fully saturated rings. The van der Waals surface area contributed by atoms with Crippen LogP contribution in [-0.2, 0) is 16.1 Å². The summed E-state index contributed by atoms with van der Waals surface area (Å²) < 4.78 is 0. The number of piperidine rings is 1. The lowest BCUT2D eigenvalue weighted by molar-refractivity contribution is -0.142. The lowest BCUT2D eigenvalue weighted by Gasteiger charge is -2.38. The van der Waals surface area contributed by atoms with E-state index >= 15 is 0 Å². The van der Waals surface area contributed by atoms with Gasteiger partial charge in [-0.05, 0) is 24.8 Å². The van der Waals surface area contributed by atoms with Gasteiger partial charge in [-0.1, -0.05) is 43.7 Å². The van der Waals surface area contributed by atoms with Crippen molar-refractivity contribution in [3.05, 3.63) is 35.9 Å². The van der Waals surface area contributed by atoms with Gasteiger partial charge in [0.2, 0.25) is 11.8 Å². The molecular weight excluding hydrogens is 338 g/mol. The largest absolute Gasteiger partial charge is 0.343 e. The molecule has 1 aromatic carbocycles. The fourth-order valence-corrected chi connectivity index (χ4v) is 4.09. The summed E-state index contributed by atoms with van der Waals surface area (Å²) in [5.74, 6) is 0.660. The van der Waals surface area contributed by atoms with Gasteiger partial charge in [-0.25, -0.2) is 0 Å². The molecule has 0 radical (unpaired) electrons. The van der Waals surface area contributed by atoms with E-state index in [1.165, 1.54) is 5.56 Å². The first kappa shape index (κ1) is 19.9. The fraction of sp³-hybridized carbons (Fsp3) is 0.636. The zero-order valence-electron chi connectivity index (χ0n) is 16.6. The van der Waals surface area contributed by atoms with Crippen LogP contribution in [0.4, 0.5) is 0 Å². The molecular formula is C22H33N3O2. The molecule has 0 spiro atoms. The van der Waals surface area contributed by atoms with E-state index < -0.39 is 0 Å². The third-order valence-corrected chi connectivity index (χ3v) is 5.87. The van der Waals surface area contributed by atoms with Gasteiger partial charge >= 0.3 is 0 Å². The van der Waals surface area contributed by atoms with Crippen LogP contribution < -0.4 is 0 Å². The predicted octanol–water partition coefficient (Wildman–Crippen LogP) is 2.76. The topological polar surface area (TPSA) is 43.9 Å². The van der Waals surface area contributed by atoms with E-state index in [1.54, 1.807) is 0 Å². The lowest BCUT2D eigenvalue weighted by atomic mass is 9.94. The molecule has 2 aliphatic rings. The Labute approximate surface area is 163 Å². The van der Waals surface area contributed by atoms with Gasteiger partial charge in [0.15, 0.2) is 0 Å². The summed E-state index contributed by atoms with van der Waals surface area (Å²) in [7, 11) is 0. The van der Waals surface area contributed by atoms with Crippen LogP contribution in [0.15, 0.2) is 30.3 Å². The van der Waals surface area contributed by atoms with Crippen LogP contribution in [-0.4, -0.2) is 65.8 Å². The van der Waals surface area contributed by atoms with Crippen molar-refractivity contribution in [1.82, 2.24) is 14.7 Å². The highest BCUT2D eigenvalue weighted by Crippen LogP contribution is 2.21. The first-order valence-corrected chi connectivity index (χ1v) is 10.5. The quantitative estimate of drug-likeness (QED) is 0.772. The zero-order chi connectivity index (χ0) is 19.1. The van der Waals surface area contributed by atoms with Gasteiger partial charge in [-0.3, -0.25) is 14.5 Å². The van der Waals surface area contributed by atoms with Gasteiger partial charge in [0.1, 0.15) is 0 Å². The summed E-state index contributed by atoms with van der Waals surface area (Å²) in [6.07, 6.45) is 4.31. The van der Waals surface area contributed by atoms with E-state index in [-0.39, 0.29) is 11.8 Å². The van der Waals surface area contributed by atoms with Gasteiger partial charge in [0, 0.05) is 58.2 Å². The number of carbonyl (C=O) groups is 2. The Hall–Kier alpha value is -1.88. The van der Waals surface area contributed by atoms with Crippen LogP contribution in [0.3, 0.4) is 0 Å². The lowest BCUT2D eigenvalue weighted by Crippen LogP contribution is -2.51. The van der Waals surface area contributed by atoms with Crippen molar-refractivity contribution >= 4 is 11.8 Å². The first-order valence-electron chi connectivity index (χ1n) is 10.5. The number of hydrogen-bond acceptors (Lipinski definition) is 3. The Morgan fingerprint density at radius 3 is 2.22 bits per heavy atom. The van der Waals surface area contributed by atoms with E-state index in [0.29, 0.717) is 12.3 Å². The molecule has 1 aromatic rings. The average Bonchev–Trinajstić information content (AvgIpc) is 2.73. The van der Waals surface area contributed by atoms with Crippen molar-refractivity contribution in [3.63, 3.8) is 0 Å². The van der Waals surface area contributed by atoms with E-state index in [0.717, 1.165) is 71.5 Å². The number of piperazine rings is 1. The molecule has 2 heterocycles. The summed E-state index contributed by atoms with van der Waals surface area (Å²) in [5.41, 5.74) is 1.33. The highest BCUT2D eigenvalue weighted by atomic mass is 16.2. The molecule has 3 rings (SSSR count). The maximum atomic E-state index is 12.9. The third kappa shape index (κ3) is 5.55. The molecule has 2 saturated heterocycles. The molecule has 0 N–H and O–H groups in total. The molecule has 5 nitrogen and oxygen atoms in total. The van der Waals surface area contributed by atoms with Crippen molar-refractivity contribution in [2.45, 2.75) is 45.6 Å². The Morgan fingerprint density at radius 2 is 1.59 bits per heavy atom. The van der Waals surface area contributed by atoms with Gasteiger partial charge in [-0.2, -0.15) is 0 Å². The van der Waals surface area contributed by atoms with Crippen molar-refractivity contribution in [1.29, 1.82) is 0 Å². The van der Waals surface area contributed by atoms with Gasteiger partial charge in [0.25, 0.3) is 0 Å². The molecule has 0 unspecified atom stereocenters. The summed E-state index contributed by atoms with van der Waals surface area (Å²) in [6, 6.07) is 10.5. The van der Waals surface area contributed by atoms with Crippen LogP contribution in [0.5, 0.6) is 0 Å². The van der Waals surface area contributed by atoms with Crippen LogP contribution >= 0.6 is 0 Å². The minimum atomic E-state index is 0.0981. The standard InChI is InChI=1S/C22H33N3O2/c1-2-3-9-21(26)24-12-10-20(11-13-24)22(27)25-16-14-23(15-17-25)18-19-7-5-4-6-8-19/h4-8,20H,2-3,9-18H2,1H3. The molecule has 5 heteroatoms. The van der Waals surface area contributed by atoms with E-state index in [4.69, 9.17) is 0 Å². The van der Waals surface area contributed by atoms with Crippen LogP contribution in [0.1, 0.15) is 44.6 Å². The summed E-state index contributed by atoms with van der Waals surface area (Å²) in [4.78, 5) is 31.4. The highest BCUT2D eigenvalue weighted by Gasteiger charge is 2.31. The number of amides is 2. The first-order chi connectivity index (χ1) is 13.2. The Morgan fingerprint density at radius 1 is 0.926 bits per heavy atom. The molecule has 0 atom stereocenters. The fourth-order valence-electron chi connectivity index (χ4n) is 4.09. The number of likely N-dealkylation sites (tertiary alicyclic amines) is 1. The number of rotatable bonds is 6. The highest BCUT2D eigenvalue weighted by molar-refractivity contribution is 5.80. The smallest absolute Gasteiger partial charge is 0.225 e. The monoisotopic (exact) mass is 371 g/mol. The van der Waals surface area contributed by atoms with Gasteiger partial charge in [0.05, 0.1) is 0 Å². The number of hydrogen-bond donors (Lipinski definition) is 0. The average molecular weight is 372 g/mol. The summed E-state index contributed by atoms with van der Waals surface area (Å²) in [6.45, 7) is 8.07. The zero-order valence-corrected chi connectivity index (χ0v) is 16.6. The molecule has 0 aliphatic carbocycles. The maximum absolute atomic E-state index is 12.9. The van der Waals surface area contributed by atoms with Crippen molar-refractivity contribution < 1.29 is 9.59 Å². The second-order valence-electron chi connectivity index (χ2n) is 7.85. The van der Waals surface area contributed by atoms with Gasteiger partial charge < -0.3 is 9.80 Å². The molecule has 148 valence electrons. The normalized spacial score (nSPS) is 19.3. The van der Waals surface area contributed by atoms with Crippen molar-refractivity contribution in [2.24, 2.45) is 5.92 Å². The second-order valence-corrected chi connectivity index (χ2v) is 7.85. The number of carbonyl (C=O) groups excluding carboxylic acids is 2. The maximum Gasteiger partial charge on any atom is 0.225 e. The molecule has 0 aromatic heterocycles. The predicted molar refractivity (Wildman–Crippen MR) is 107 cm³/mol. The second kappa shape index (κ2) is 9.88. The Kier molecular flexibility index (Phi) is 7.27. The van der Waals surface area contributed by atoms with Crippen molar-refractivity contribution in [2.75, 3.05) is 39.3 Å². The Bertz CT molecular complexity index is 603. The number of benzene rings is 1. The summed E-state index contributed by atoms with van der Waals surface area (Å²) in [5, 5.41) is 0. The van der Waals surface area contributed by atoms with Crippen LogP contribution in [0.25, 0.3) is 0 Å². The third-order valence-electron chi connectivity index (χ3n) is 5.87. The van der Waals surface area contributed by atoms with Crippen LogP contribution in [0, 0.1) is 5.92 Å². The molecule has 0 saturated carbocycles. The van der Waals surface area contributed by atoms with Crippen LogP contribution in [0.2, 0.25) is 0 Å². The number of nitrogens with zero attached hydrogens (tertiary/aromatic N) is 3. The minimum absolute atomic E-state index is 0.0981. The van der Waals surface area contributed by atoms with E-state index in [9.17, 15) is 9.59 Å². The summed E-state index contributed by atoms with van der Waals surface area (Å²) >= 11 is 0. The van der Waals surface area contributed by atoms with E-state index in [1.807, 2.05) is 15.9 Å². The van der Waals surface area contributed by atoms with Gasteiger partial charge in [-0.15, -0.1) is 0 Å². The molecule has 27 heavy (non-hydrogen) atoms.